The molecule has 5 rings (SSSR count). The maximum absolute atomic E-state index is 13.2. The first kappa shape index (κ1) is 25.2. The second kappa shape index (κ2) is 10.9. The highest BCUT2D eigenvalue weighted by Crippen LogP contribution is 2.33. The smallest absolute Gasteiger partial charge is 0.269 e. The van der Waals surface area contributed by atoms with Gasteiger partial charge in [-0.05, 0) is 35.4 Å². The highest BCUT2D eigenvalue weighted by atomic mass is 16.6. The molecule has 0 saturated carbocycles. The molecule has 10 nitrogen and oxygen atoms in total. The van der Waals surface area contributed by atoms with Crippen LogP contribution < -0.4 is 14.9 Å². The van der Waals surface area contributed by atoms with Gasteiger partial charge in [0.25, 0.3) is 11.4 Å². The van der Waals surface area contributed by atoms with Gasteiger partial charge in [-0.2, -0.15) is 0 Å². The van der Waals surface area contributed by atoms with E-state index < -0.39 is 9.85 Å². The topological polar surface area (TPSA) is 135 Å². The number of hydrogen-bond donors (Lipinski definition) is 0. The molecule has 194 valence electrons. The Kier molecular flexibility index (Phi) is 7.00. The summed E-state index contributed by atoms with van der Waals surface area (Å²) in [5.74, 6) is 0.952. The summed E-state index contributed by atoms with van der Waals surface area (Å²) in [7, 11) is 0. The molecule has 0 amide bonds. The molecule has 0 aliphatic carbocycles. The molecule has 0 saturated heterocycles. The predicted octanol–water partition coefficient (Wildman–Crippen LogP) is 6.43. The van der Waals surface area contributed by atoms with E-state index in [0.29, 0.717) is 22.6 Å². The van der Waals surface area contributed by atoms with Crippen molar-refractivity contribution in [2.75, 3.05) is 0 Å². The molecule has 0 radical (unpaired) electrons. The minimum Gasteiger partial charge on any atom is -0.489 e. The highest BCUT2D eigenvalue weighted by Gasteiger charge is 2.16. The predicted molar refractivity (Wildman–Crippen MR) is 143 cm³/mol. The van der Waals surface area contributed by atoms with Crippen molar-refractivity contribution >= 4 is 22.3 Å². The molecular formula is C29H20N2O8. The second-order valence-electron chi connectivity index (χ2n) is 8.56. The minimum atomic E-state index is -0.487. The van der Waals surface area contributed by atoms with E-state index in [9.17, 15) is 25.0 Å². The van der Waals surface area contributed by atoms with E-state index in [1.807, 2.05) is 30.3 Å². The van der Waals surface area contributed by atoms with Crippen LogP contribution in [0.4, 0.5) is 11.4 Å². The van der Waals surface area contributed by atoms with Crippen molar-refractivity contribution in [3.8, 4) is 22.8 Å². The number of non-ortho nitro benzene ring substituents is 2. The first-order valence-electron chi connectivity index (χ1n) is 11.8. The van der Waals surface area contributed by atoms with Crippen LogP contribution in [0.5, 0.6) is 11.5 Å². The zero-order chi connectivity index (χ0) is 27.4. The van der Waals surface area contributed by atoms with Gasteiger partial charge in [-0.3, -0.25) is 25.0 Å². The summed E-state index contributed by atoms with van der Waals surface area (Å²) < 4.78 is 18.0. The monoisotopic (exact) mass is 524 g/mol. The molecule has 10 heteroatoms. The van der Waals surface area contributed by atoms with E-state index in [4.69, 9.17) is 13.9 Å². The Balaban J connectivity index is 1.48. The molecule has 0 aliphatic rings. The molecule has 1 aromatic heterocycles. The van der Waals surface area contributed by atoms with Crippen molar-refractivity contribution in [2.45, 2.75) is 13.2 Å². The van der Waals surface area contributed by atoms with Gasteiger partial charge in [0.1, 0.15) is 41.4 Å². The summed E-state index contributed by atoms with van der Waals surface area (Å²) in [5, 5.41) is 22.1. The number of hydrogen-bond acceptors (Lipinski definition) is 8. The van der Waals surface area contributed by atoms with Gasteiger partial charge >= 0.3 is 0 Å². The zero-order valence-corrected chi connectivity index (χ0v) is 20.3. The minimum absolute atomic E-state index is 0.0263. The van der Waals surface area contributed by atoms with E-state index in [-0.39, 0.29) is 46.7 Å². The number of rotatable bonds is 9. The van der Waals surface area contributed by atoms with E-state index in [0.717, 1.165) is 5.56 Å². The van der Waals surface area contributed by atoms with Crippen LogP contribution >= 0.6 is 0 Å². The average molecular weight is 524 g/mol. The lowest BCUT2D eigenvalue weighted by molar-refractivity contribution is -0.385. The Morgan fingerprint density at radius 2 is 1.26 bits per heavy atom. The van der Waals surface area contributed by atoms with E-state index in [2.05, 4.69) is 0 Å². The number of nitro benzene ring substituents is 2. The van der Waals surface area contributed by atoms with Gasteiger partial charge in [0.05, 0.1) is 9.85 Å². The van der Waals surface area contributed by atoms with Crippen molar-refractivity contribution in [1.82, 2.24) is 0 Å². The van der Waals surface area contributed by atoms with Crippen LogP contribution in [-0.2, 0) is 13.2 Å². The van der Waals surface area contributed by atoms with E-state index >= 15 is 0 Å². The quantitative estimate of drug-likeness (QED) is 0.159. The van der Waals surface area contributed by atoms with Gasteiger partial charge < -0.3 is 13.9 Å². The van der Waals surface area contributed by atoms with E-state index in [1.165, 1.54) is 30.3 Å². The van der Waals surface area contributed by atoms with E-state index in [1.54, 1.807) is 36.4 Å². The van der Waals surface area contributed by atoms with Gasteiger partial charge in [-0.1, -0.05) is 30.3 Å². The molecule has 1 heterocycles. The van der Waals surface area contributed by atoms with Crippen molar-refractivity contribution in [1.29, 1.82) is 0 Å². The third kappa shape index (κ3) is 5.75. The van der Waals surface area contributed by atoms with Crippen LogP contribution in [0.3, 0.4) is 0 Å². The van der Waals surface area contributed by atoms with Crippen molar-refractivity contribution in [3.05, 3.63) is 139 Å². The number of ether oxygens (including phenoxy) is 2. The number of nitrogens with zero attached hydrogens (tertiary/aromatic N) is 2. The lowest BCUT2D eigenvalue weighted by Gasteiger charge is -2.13. The number of nitro groups is 2. The van der Waals surface area contributed by atoms with Crippen LogP contribution in [0, 0.1) is 20.2 Å². The summed E-state index contributed by atoms with van der Waals surface area (Å²) in [4.78, 5) is 34.1. The third-order valence-electron chi connectivity index (χ3n) is 5.92. The Morgan fingerprint density at radius 3 is 1.82 bits per heavy atom. The van der Waals surface area contributed by atoms with Crippen LogP contribution in [0.2, 0.25) is 0 Å². The lowest BCUT2D eigenvalue weighted by Crippen LogP contribution is -2.06. The van der Waals surface area contributed by atoms with Crippen LogP contribution in [-0.4, -0.2) is 9.85 Å². The molecule has 0 N–H and O–H groups in total. The fourth-order valence-electron chi connectivity index (χ4n) is 3.93. The fraction of sp³-hybridized carbons (Fsp3) is 0.0690. The molecule has 0 bridgehead atoms. The molecule has 0 atom stereocenters. The third-order valence-corrected chi connectivity index (χ3v) is 5.92. The van der Waals surface area contributed by atoms with Crippen LogP contribution in [0.1, 0.15) is 11.1 Å². The normalized spacial score (nSPS) is 10.8. The van der Waals surface area contributed by atoms with Crippen molar-refractivity contribution < 1.29 is 23.7 Å². The fourth-order valence-corrected chi connectivity index (χ4v) is 3.93. The van der Waals surface area contributed by atoms with Crippen LogP contribution in [0.15, 0.2) is 106 Å². The molecule has 0 fully saturated rings. The molecule has 0 aliphatic heterocycles. The van der Waals surface area contributed by atoms with Gasteiger partial charge in [-0.25, -0.2) is 0 Å². The Bertz CT molecular complexity index is 1710. The zero-order valence-electron chi connectivity index (χ0n) is 20.3. The molecule has 0 unspecified atom stereocenters. The van der Waals surface area contributed by atoms with Gasteiger partial charge in [0, 0.05) is 48.0 Å². The Labute approximate surface area is 221 Å². The summed E-state index contributed by atoms with van der Waals surface area (Å²) in [6, 6.07) is 25.6. The first-order valence-corrected chi connectivity index (χ1v) is 11.8. The average Bonchev–Trinajstić information content (AvgIpc) is 2.95. The number of fused-ring (bicyclic) bond motifs is 1. The highest BCUT2D eigenvalue weighted by molar-refractivity contribution is 5.86. The standard InChI is InChI=1S/C29H20N2O8/c32-25-16-26(21-4-2-1-3-5-21)39-28-15-24(37-17-19-6-10-22(11-7-19)30(33)34)14-27(29(25)28)38-18-20-8-12-23(13-9-20)31(35)36/h1-16H,17-18H2. The summed E-state index contributed by atoms with van der Waals surface area (Å²) in [6.45, 7) is 0.146. The van der Waals surface area contributed by atoms with Crippen molar-refractivity contribution in [3.63, 3.8) is 0 Å². The van der Waals surface area contributed by atoms with Crippen LogP contribution in [0.25, 0.3) is 22.3 Å². The summed E-state index contributed by atoms with van der Waals surface area (Å²) >= 11 is 0. The number of benzene rings is 4. The summed E-state index contributed by atoms with van der Waals surface area (Å²) in [5.41, 5.74) is 1.96. The van der Waals surface area contributed by atoms with Gasteiger partial charge in [-0.15, -0.1) is 0 Å². The maximum atomic E-state index is 13.2. The largest absolute Gasteiger partial charge is 0.489 e. The SMILES string of the molecule is O=c1cc(-c2ccccc2)oc2cc(OCc3ccc([N+](=O)[O-])cc3)cc(OCc3ccc([N+](=O)[O-])cc3)c12. The molecule has 0 spiro atoms. The van der Waals surface area contributed by atoms with Gasteiger partial charge in [0.2, 0.25) is 0 Å². The van der Waals surface area contributed by atoms with Crippen molar-refractivity contribution in [2.24, 2.45) is 0 Å². The lowest BCUT2D eigenvalue weighted by atomic mass is 10.1. The second-order valence-corrected chi connectivity index (χ2v) is 8.56. The summed E-state index contributed by atoms with van der Waals surface area (Å²) in [6.07, 6.45) is 0. The first-order chi connectivity index (χ1) is 18.9. The molecule has 4 aromatic carbocycles. The Morgan fingerprint density at radius 1 is 0.692 bits per heavy atom. The maximum Gasteiger partial charge on any atom is 0.269 e. The molecular weight excluding hydrogens is 504 g/mol. The molecule has 39 heavy (non-hydrogen) atoms. The Hall–Kier alpha value is -5.51. The van der Waals surface area contributed by atoms with Gasteiger partial charge in [0.15, 0.2) is 5.43 Å². The molecule has 5 aromatic rings.